The van der Waals surface area contributed by atoms with Crippen molar-refractivity contribution in [1.29, 1.82) is 0 Å². The highest BCUT2D eigenvalue weighted by Gasteiger charge is 2.16. The van der Waals surface area contributed by atoms with Crippen LogP contribution in [-0.4, -0.2) is 42.2 Å². The first-order valence-corrected chi connectivity index (χ1v) is 8.20. The van der Waals surface area contributed by atoms with E-state index in [0.29, 0.717) is 24.8 Å². The van der Waals surface area contributed by atoms with Crippen molar-refractivity contribution in [3.8, 4) is 11.5 Å². The van der Waals surface area contributed by atoms with Crippen LogP contribution in [0.1, 0.15) is 20.8 Å². The van der Waals surface area contributed by atoms with Gasteiger partial charge in [-0.15, -0.1) is 10.2 Å². The van der Waals surface area contributed by atoms with Gasteiger partial charge in [0.1, 0.15) is 29.5 Å². The lowest BCUT2D eigenvalue weighted by molar-refractivity contribution is 0.0635. The van der Waals surface area contributed by atoms with Gasteiger partial charge in [-0.3, -0.25) is 5.32 Å². The van der Waals surface area contributed by atoms with E-state index in [-0.39, 0.29) is 0 Å². The summed E-state index contributed by atoms with van der Waals surface area (Å²) in [7, 11) is 1.62. The van der Waals surface area contributed by atoms with Crippen LogP contribution in [0.15, 0.2) is 36.4 Å². The summed E-state index contributed by atoms with van der Waals surface area (Å²) >= 11 is 0. The number of rotatable bonds is 7. The van der Waals surface area contributed by atoms with Crippen molar-refractivity contribution in [2.45, 2.75) is 26.4 Å². The number of nitrogens with one attached hydrogen (secondary N) is 2. The molecule has 0 bridgehead atoms. The molecule has 1 heterocycles. The number of carbonyl (C=O) groups excluding carboxylic acids is 1. The molecule has 0 saturated heterocycles. The third kappa shape index (κ3) is 6.84. The Bertz CT molecular complexity index is 697. The van der Waals surface area contributed by atoms with Crippen LogP contribution >= 0.6 is 0 Å². The molecule has 1 amide bonds. The van der Waals surface area contributed by atoms with Crippen molar-refractivity contribution in [1.82, 2.24) is 10.2 Å². The van der Waals surface area contributed by atoms with Crippen LogP contribution in [0.5, 0.6) is 11.5 Å². The minimum Gasteiger partial charge on any atom is -0.497 e. The van der Waals surface area contributed by atoms with Crippen molar-refractivity contribution in [3.05, 3.63) is 36.4 Å². The molecular formula is C18H24N4O4. The Morgan fingerprint density at radius 1 is 1.00 bits per heavy atom. The highest BCUT2D eigenvalue weighted by atomic mass is 16.6. The Morgan fingerprint density at radius 2 is 1.62 bits per heavy atom. The second kappa shape index (κ2) is 8.89. The molecule has 2 aromatic rings. The van der Waals surface area contributed by atoms with Crippen LogP contribution in [0.25, 0.3) is 0 Å². The molecule has 0 unspecified atom stereocenters. The van der Waals surface area contributed by atoms with Crippen LogP contribution in [0.2, 0.25) is 0 Å². The zero-order valence-electron chi connectivity index (χ0n) is 15.4. The van der Waals surface area contributed by atoms with Crippen molar-refractivity contribution in [2.75, 3.05) is 30.9 Å². The fraction of sp³-hybridized carbons (Fsp3) is 0.389. The van der Waals surface area contributed by atoms with Gasteiger partial charge in [-0.2, -0.15) is 0 Å². The van der Waals surface area contributed by atoms with E-state index in [1.807, 2.05) is 24.3 Å². The Balaban J connectivity index is 1.72. The number of benzene rings is 1. The maximum atomic E-state index is 11.7. The van der Waals surface area contributed by atoms with Gasteiger partial charge in [-0.05, 0) is 57.2 Å². The van der Waals surface area contributed by atoms with Gasteiger partial charge in [-0.1, -0.05) is 0 Å². The molecule has 0 spiro atoms. The lowest BCUT2D eigenvalue weighted by Gasteiger charge is -2.19. The Morgan fingerprint density at radius 3 is 2.19 bits per heavy atom. The number of methoxy groups -OCH3 is 1. The van der Waals surface area contributed by atoms with Crippen molar-refractivity contribution in [3.63, 3.8) is 0 Å². The highest BCUT2D eigenvalue weighted by molar-refractivity contribution is 5.83. The second-order valence-electron chi connectivity index (χ2n) is 6.38. The molecule has 0 fully saturated rings. The molecule has 8 nitrogen and oxygen atoms in total. The maximum absolute atomic E-state index is 11.7. The minimum atomic E-state index is -0.569. The summed E-state index contributed by atoms with van der Waals surface area (Å²) in [6.07, 6.45) is -0.569. The van der Waals surface area contributed by atoms with Crippen molar-refractivity contribution < 1.29 is 19.0 Å². The average Bonchev–Trinajstić information content (AvgIpc) is 2.59. The lowest BCUT2D eigenvalue weighted by atomic mass is 10.2. The summed E-state index contributed by atoms with van der Waals surface area (Å²) in [6.45, 7) is 6.39. The normalized spacial score (nSPS) is 10.8. The zero-order chi connectivity index (χ0) is 19.0. The third-order valence-electron chi connectivity index (χ3n) is 3.03. The number of anilines is 2. The summed E-state index contributed by atoms with van der Waals surface area (Å²) in [5.74, 6) is 2.44. The van der Waals surface area contributed by atoms with E-state index in [9.17, 15) is 4.79 Å². The fourth-order valence-corrected chi connectivity index (χ4v) is 1.92. The second-order valence-corrected chi connectivity index (χ2v) is 6.38. The minimum absolute atomic E-state index is 0.319. The van der Waals surface area contributed by atoms with E-state index in [4.69, 9.17) is 14.2 Å². The molecule has 0 atom stereocenters. The highest BCUT2D eigenvalue weighted by Crippen LogP contribution is 2.17. The molecule has 140 valence electrons. The van der Waals surface area contributed by atoms with E-state index in [1.165, 1.54) is 0 Å². The number of ether oxygens (including phenoxy) is 3. The number of aromatic nitrogens is 2. The molecule has 8 heteroatoms. The largest absolute Gasteiger partial charge is 0.497 e. The predicted molar refractivity (Wildman–Crippen MR) is 98.9 cm³/mol. The third-order valence-corrected chi connectivity index (χ3v) is 3.03. The molecule has 2 rings (SSSR count). The summed E-state index contributed by atoms with van der Waals surface area (Å²) < 4.78 is 15.9. The topological polar surface area (TPSA) is 94.6 Å². The van der Waals surface area contributed by atoms with Crippen LogP contribution in [-0.2, 0) is 4.74 Å². The number of hydrogen-bond acceptors (Lipinski definition) is 7. The van der Waals surface area contributed by atoms with E-state index < -0.39 is 11.7 Å². The van der Waals surface area contributed by atoms with Gasteiger partial charge in [0.15, 0.2) is 5.82 Å². The maximum Gasteiger partial charge on any atom is 0.413 e. The zero-order valence-corrected chi connectivity index (χ0v) is 15.4. The quantitative estimate of drug-likeness (QED) is 0.731. The van der Waals surface area contributed by atoms with Crippen LogP contribution in [0.3, 0.4) is 0 Å². The molecule has 0 radical (unpaired) electrons. The SMILES string of the molecule is COc1ccc(OCCNc2ccc(NC(=O)OC(C)(C)C)nn2)cc1. The molecular weight excluding hydrogens is 336 g/mol. The Labute approximate surface area is 152 Å². The first-order chi connectivity index (χ1) is 12.4. The number of carbonyl (C=O) groups is 1. The van der Waals surface area contributed by atoms with E-state index >= 15 is 0 Å². The molecule has 0 aliphatic rings. The van der Waals surface area contributed by atoms with Gasteiger partial charge < -0.3 is 19.5 Å². The summed E-state index contributed by atoms with van der Waals surface area (Å²) in [5.41, 5.74) is -0.567. The monoisotopic (exact) mass is 360 g/mol. The van der Waals surface area contributed by atoms with Gasteiger partial charge in [0, 0.05) is 0 Å². The molecule has 0 aliphatic heterocycles. The van der Waals surface area contributed by atoms with Gasteiger partial charge in [0.2, 0.25) is 0 Å². The number of nitrogens with zero attached hydrogens (tertiary/aromatic N) is 2. The first-order valence-electron chi connectivity index (χ1n) is 8.20. The number of hydrogen-bond donors (Lipinski definition) is 2. The van der Waals surface area contributed by atoms with E-state index in [0.717, 1.165) is 11.5 Å². The molecule has 1 aromatic heterocycles. The standard InChI is InChI=1S/C18H24N4O4/c1-18(2,3)26-17(23)20-16-10-9-15(21-22-16)19-11-12-25-14-7-5-13(24-4)6-8-14/h5-10H,11-12H2,1-4H3,(H,19,21)(H,20,22,23). The van der Waals surface area contributed by atoms with Crippen LogP contribution < -0.4 is 20.1 Å². The van der Waals surface area contributed by atoms with E-state index in [2.05, 4.69) is 20.8 Å². The summed E-state index contributed by atoms with van der Waals surface area (Å²) in [4.78, 5) is 11.7. The molecule has 1 aromatic carbocycles. The summed E-state index contributed by atoms with van der Waals surface area (Å²) in [6, 6.07) is 10.7. The number of amides is 1. The smallest absolute Gasteiger partial charge is 0.413 e. The van der Waals surface area contributed by atoms with E-state index in [1.54, 1.807) is 40.0 Å². The Hall–Kier alpha value is -3.03. The van der Waals surface area contributed by atoms with Gasteiger partial charge >= 0.3 is 6.09 Å². The average molecular weight is 360 g/mol. The molecule has 2 N–H and O–H groups in total. The Kier molecular flexibility index (Phi) is 6.60. The van der Waals surface area contributed by atoms with Gasteiger partial charge in [0.05, 0.1) is 13.7 Å². The molecule has 0 saturated carbocycles. The van der Waals surface area contributed by atoms with Crippen LogP contribution in [0, 0.1) is 0 Å². The van der Waals surface area contributed by atoms with Gasteiger partial charge in [0.25, 0.3) is 0 Å². The summed E-state index contributed by atoms with van der Waals surface area (Å²) in [5, 5.41) is 13.5. The van der Waals surface area contributed by atoms with Crippen molar-refractivity contribution >= 4 is 17.7 Å². The van der Waals surface area contributed by atoms with Crippen molar-refractivity contribution in [2.24, 2.45) is 0 Å². The van der Waals surface area contributed by atoms with Gasteiger partial charge in [-0.25, -0.2) is 4.79 Å². The predicted octanol–water partition coefficient (Wildman–Crippen LogP) is 3.32. The molecule has 0 aliphatic carbocycles. The fourth-order valence-electron chi connectivity index (χ4n) is 1.92. The first kappa shape index (κ1) is 19.3. The van der Waals surface area contributed by atoms with Crippen LogP contribution in [0.4, 0.5) is 16.4 Å². The lowest BCUT2D eigenvalue weighted by Crippen LogP contribution is -2.27. The molecule has 26 heavy (non-hydrogen) atoms.